The first-order valence-corrected chi connectivity index (χ1v) is 8.86. The van der Waals surface area contributed by atoms with Crippen molar-refractivity contribution in [2.24, 2.45) is 5.73 Å². The summed E-state index contributed by atoms with van der Waals surface area (Å²) in [6, 6.07) is -0.274. The van der Waals surface area contributed by atoms with Crippen molar-refractivity contribution in [3.63, 3.8) is 0 Å². The fourth-order valence-corrected chi connectivity index (χ4v) is 4.03. The Hall–Kier alpha value is -1.89. The van der Waals surface area contributed by atoms with Crippen LogP contribution in [0.5, 0.6) is 0 Å². The van der Waals surface area contributed by atoms with E-state index in [-0.39, 0.29) is 17.9 Å². The number of hydrogen-bond donors (Lipinski definition) is 1. The average Bonchev–Trinajstić information content (AvgIpc) is 3.16. The van der Waals surface area contributed by atoms with E-state index in [2.05, 4.69) is 9.88 Å². The summed E-state index contributed by atoms with van der Waals surface area (Å²) in [7, 11) is 0. The van der Waals surface area contributed by atoms with Gasteiger partial charge in [0.1, 0.15) is 11.6 Å². The van der Waals surface area contributed by atoms with Crippen molar-refractivity contribution in [2.75, 3.05) is 26.2 Å². The fourth-order valence-electron chi connectivity index (χ4n) is 4.03. The van der Waals surface area contributed by atoms with E-state index in [4.69, 9.17) is 5.73 Å². The van der Waals surface area contributed by atoms with Crippen LogP contribution in [0.25, 0.3) is 0 Å². The molecule has 1 aromatic heterocycles. The lowest BCUT2D eigenvalue weighted by molar-refractivity contribution is -0.143. The second-order valence-electron chi connectivity index (χ2n) is 6.95. The first-order valence-electron chi connectivity index (χ1n) is 8.86. The summed E-state index contributed by atoms with van der Waals surface area (Å²) in [5.41, 5.74) is 5.22. The number of piperidine rings is 2. The van der Waals surface area contributed by atoms with Crippen LogP contribution in [0.2, 0.25) is 0 Å². The molecular formula is C17H27N5O2. The number of nitrogens with zero attached hydrogens (tertiary/aromatic N) is 4. The van der Waals surface area contributed by atoms with Gasteiger partial charge in [-0.25, -0.2) is 4.98 Å². The van der Waals surface area contributed by atoms with Crippen LogP contribution < -0.4 is 5.73 Å². The van der Waals surface area contributed by atoms with Crippen molar-refractivity contribution in [2.45, 2.75) is 50.6 Å². The smallest absolute Gasteiger partial charge is 0.245 e. The lowest BCUT2D eigenvalue weighted by Gasteiger charge is -2.48. The normalized spacial score (nSPS) is 23.0. The van der Waals surface area contributed by atoms with Crippen molar-refractivity contribution in [3.8, 4) is 0 Å². The third kappa shape index (κ3) is 3.05. The second-order valence-corrected chi connectivity index (χ2v) is 6.95. The largest absolute Gasteiger partial charge is 0.368 e. The molecule has 1 atom stereocenters. The van der Waals surface area contributed by atoms with Crippen molar-refractivity contribution in [1.82, 2.24) is 19.4 Å². The van der Waals surface area contributed by atoms with Crippen LogP contribution in [0.4, 0.5) is 0 Å². The monoisotopic (exact) mass is 333 g/mol. The van der Waals surface area contributed by atoms with E-state index in [1.165, 1.54) is 6.42 Å². The molecule has 3 heterocycles. The van der Waals surface area contributed by atoms with Crippen molar-refractivity contribution in [1.29, 1.82) is 0 Å². The molecule has 1 aromatic rings. The number of amides is 2. The van der Waals surface area contributed by atoms with E-state index in [9.17, 15) is 9.59 Å². The van der Waals surface area contributed by atoms with Gasteiger partial charge >= 0.3 is 0 Å². The van der Waals surface area contributed by atoms with Gasteiger partial charge < -0.3 is 15.2 Å². The fraction of sp³-hybridized carbons (Fsp3) is 0.706. The Labute approximate surface area is 142 Å². The van der Waals surface area contributed by atoms with Crippen LogP contribution in [0, 0.1) is 0 Å². The molecular weight excluding hydrogens is 306 g/mol. The second kappa shape index (κ2) is 6.93. The summed E-state index contributed by atoms with van der Waals surface area (Å²) >= 11 is 0. The molecule has 2 aliphatic rings. The third-order valence-electron chi connectivity index (χ3n) is 5.65. The van der Waals surface area contributed by atoms with Crippen LogP contribution in [0.3, 0.4) is 0 Å². The predicted molar refractivity (Wildman–Crippen MR) is 90.1 cm³/mol. The van der Waals surface area contributed by atoms with Gasteiger partial charge in [0.05, 0.1) is 6.33 Å². The molecule has 3 rings (SSSR count). The molecule has 0 aliphatic carbocycles. The lowest BCUT2D eigenvalue weighted by Crippen LogP contribution is -2.64. The summed E-state index contributed by atoms with van der Waals surface area (Å²) in [5.74, 6) is -0.163. The minimum absolute atomic E-state index is 0.0738. The molecule has 0 aromatic carbocycles. The van der Waals surface area contributed by atoms with E-state index in [1.807, 2.05) is 16.4 Å². The molecule has 1 unspecified atom stereocenters. The highest BCUT2D eigenvalue weighted by atomic mass is 16.2. The average molecular weight is 333 g/mol. The number of carbonyl (C=O) groups excluding carboxylic acids is 2. The Morgan fingerprint density at radius 3 is 2.33 bits per heavy atom. The predicted octanol–water partition coefficient (Wildman–Crippen LogP) is 0.777. The highest BCUT2D eigenvalue weighted by Crippen LogP contribution is 2.32. The van der Waals surface area contributed by atoms with E-state index in [0.29, 0.717) is 25.9 Å². The zero-order valence-electron chi connectivity index (χ0n) is 14.4. The van der Waals surface area contributed by atoms with Gasteiger partial charge in [0.15, 0.2) is 0 Å². The first-order chi connectivity index (χ1) is 11.5. The molecule has 0 saturated carbocycles. The van der Waals surface area contributed by atoms with E-state index in [1.54, 1.807) is 18.7 Å². The van der Waals surface area contributed by atoms with Gasteiger partial charge in [0.2, 0.25) is 11.8 Å². The van der Waals surface area contributed by atoms with Crippen LogP contribution in [-0.4, -0.2) is 62.9 Å². The van der Waals surface area contributed by atoms with Gasteiger partial charge in [-0.2, -0.15) is 0 Å². The number of likely N-dealkylation sites (tertiary alicyclic amines) is 2. The van der Waals surface area contributed by atoms with E-state index < -0.39 is 5.54 Å². The number of hydrogen-bond acceptors (Lipinski definition) is 4. The zero-order valence-corrected chi connectivity index (χ0v) is 14.4. The number of primary amides is 1. The summed E-state index contributed by atoms with van der Waals surface area (Å²) < 4.78 is 1.81. The SMILES string of the molecule is CC(C(=O)N1CCC(C(N)=O)(N2CCCCC2)CC1)n1ccnc1. The third-order valence-corrected chi connectivity index (χ3v) is 5.65. The molecule has 2 saturated heterocycles. The minimum atomic E-state index is -0.574. The van der Waals surface area contributed by atoms with Gasteiger partial charge in [-0.05, 0) is 45.7 Å². The molecule has 132 valence electrons. The summed E-state index contributed by atoms with van der Waals surface area (Å²) in [4.78, 5) is 33.1. The Morgan fingerprint density at radius 1 is 1.12 bits per heavy atom. The number of aromatic nitrogens is 2. The van der Waals surface area contributed by atoms with Crippen LogP contribution in [-0.2, 0) is 9.59 Å². The minimum Gasteiger partial charge on any atom is -0.368 e. The van der Waals surface area contributed by atoms with Gasteiger partial charge in [0.25, 0.3) is 0 Å². The Morgan fingerprint density at radius 2 is 1.79 bits per heavy atom. The molecule has 24 heavy (non-hydrogen) atoms. The molecule has 0 bridgehead atoms. The van der Waals surface area contributed by atoms with Crippen LogP contribution >= 0.6 is 0 Å². The molecule has 7 nitrogen and oxygen atoms in total. The lowest BCUT2D eigenvalue weighted by atomic mass is 9.83. The maximum Gasteiger partial charge on any atom is 0.245 e. The molecule has 0 radical (unpaired) electrons. The van der Waals surface area contributed by atoms with Crippen LogP contribution in [0.1, 0.15) is 45.1 Å². The van der Waals surface area contributed by atoms with E-state index >= 15 is 0 Å². The number of carbonyl (C=O) groups is 2. The maximum absolute atomic E-state index is 12.7. The Balaban J connectivity index is 1.66. The van der Waals surface area contributed by atoms with Crippen molar-refractivity contribution in [3.05, 3.63) is 18.7 Å². The maximum atomic E-state index is 12.7. The highest BCUT2D eigenvalue weighted by molar-refractivity contribution is 5.86. The molecule has 2 aliphatic heterocycles. The number of rotatable bonds is 4. The molecule has 2 fully saturated rings. The molecule has 2 N–H and O–H groups in total. The summed E-state index contributed by atoms with van der Waals surface area (Å²) in [6.45, 7) is 4.91. The molecule has 7 heteroatoms. The highest BCUT2D eigenvalue weighted by Gasteiger charge is 2.46. The molecule has 2 amide bonds. The van der Waals surface area contributed by atoms with E-state index in [0.717, 1.165) is 25.9 Å². The number of nitrogens with two attached hydrogens (primary N) is 1. The van der Waals surface area contributed by atoms with Crippen LogP contribution in [0.15, 0.2) is 18.7 Å². The zero-order chi connectivity index (χ0) is 17.2. The van der Waals surface area contributed by atoms with Crippen molar-refractivity contribution >= 4 is 11.8 Å². The topological polar surface area (TPSA) is 84.5 Å². The quantitative estimate of drug-likeness (QED) is 0.882. The standard InChI is InChI=1S/C17H27N5O2/c1-14(21-12-7-19-13-21)15(23)20-10-5-17(6-11-20,16(18)24)22-8-3-2-4-9-22/h7,12-14H,2-6,8-11H2,1H3,(H2,18,24). The van der Waals surface area contributed by atoms with Gasteiger partial charge in [-0.1, -0.05) is 6.42 Å². The van der Waals surface area contributed by atoms with Gasteiger partial charge in [0, 0.05) is 25.5 Å². The van der Waals surface area contributed by atoms with Crippen molar-refractivity contribution < 1.29 is 9.59 Å². The molecule has 0 spiro atoms. The first kappa shape index (κ1) is 17.0. The van der Waals surface area contributed by atoms with Gasteiger partial charge in [-0.15, -0.1) is 0 Å². The Bertz CT molecular complexity index is 572. The summed E-state index contributed by atoms with van der Waals surface area (Å²) in [6.07, 6.45) is 9.86. The van der Waals surface area contributed by atoms with Gasteiger partial charge in [-0.3, -0.25) is 14.5 Å². The summed E-state index contributed by atoms with van der Waals surface area (Å²) in [5, 5.41) is 0. The number of imidazole rings is 1. The Kier molecular flexibility index (Phi) is 4.89.